The molecule has 6 heteroatoms. The molecule has 1 saturated heterocycles. The number of Topliss-reactive ketones (excluding diaryl/α,β-unsaturated/α-hetero) is 1. The minimum absolute atomic E-state index is 0.360. The van der Waals surface area contributed by atoms with Crippen LogP contribution in [0.15, 0.2) is 54.6 Å². The Bertz CT molecular complexity index is 830. The van der Waals surface area contributed by atoms with Crippen LogP contribution in [-0.4, -0.2) is 46.1 Å². The Kier molecular flexibility index (Phi) is 7.06. The lowest BCUT2D eigenvalue weighted by molar-refractivity contribution is -0.151. The monoisotopic (exact) mass is 415 g/mol. The van der Waals surface area contributed by atoms with Crippen molar-refractivity contribution in [3.8, 4) is 0 Å². The standard InChI is InChI=1S/C23H26ClNO4/c24-19-8-6-17(7-9-19)15-23(21(27)14-20(26)22(28)29)10-12-25(13-11-23)16-18-4-2-1-3-5-18/h1-9,21,27H,10-16H2,(H,28,29). The third kappa shape index (κ3) is 5.66. The van der Waals surface area contributed by atoms with Gasteiger partial charge in [-0.1, -0.05) is 54.1 Å². The van der Waals surface area contributed by atoms with E-state index in [1.54, 1.807) is 0 Å². The fraction of sp³-hybridized carbons (Fsp3) is 0.391. The van der Waals surface area contributed by atoms with E-state index in [-0.39, 0.29) is 6.42 Å². The highest BCUT2D eigenvalue weighted by Gasteiger charge is 2.42. The number of carbonyl (C=O) groups excluding carboxylic acids is 1. The van der Waals surface area contributed by atoms with Gasteiger partial charge < -0.3 is 10.2 Å². The maximum atomic E-state index is 11.8. The van der Waals surface area contributed by atoms with Crippen LogP contribution >= 0.6 is 11.6 Å². The fourth-order valence-corrected chi connectivity index (χ4v) is 4.24. The van der Waals surface area contributed by atoms with Gasteiger partial charge in [0.1, 0.15) is 0 Å². The number of rotatable bonds is 8. The van der Waals surface area contributed by atoms with E-state index in [0.717, 1.165) is 25.2 Å². The molecule has 1 aliphatic heterocycles. The summed E-state index contributed by atoms with van der Waals surface area (Å²) >= 11 is 5.99. The molecule has 1 fully saturated rings. The first-order valence-electron chi connectivity index (χ1n) is 9.83. The molecule has 1 atom stereocenters. The van der Waals surface area contributed by atoms with E-state index in [4.69, 9.17) is 16.7 Å². The number of aliphatic hydroxyl groups excluding tert-OH is 1. The maximum Gasteiger partial charge on any atom is 0.372 e. The van der Waals surface area contributed by atoms with E-state index in [1.165, 1.54) is 5.56 Å². The number of aliphatic carboxylic acids is 1. The summed E-state index contributed by atoms with van der Waals surface area (Å²) in [7, 11) is 0. The molecule has 5 nitrogen and oxygen atoms in total. The number of ketones is 1. The Balaban J connectivity index is 1.74. The zero-order chi connectivity index (χ0) is 20.9. The predicted octanol–water partition coefficient (Wildman–Crippen LogP) is 3.57. The Morgan fingerprint density at radius 3 is 2.21 bits per heavy atom. The average molecular weight is 416 g/mol. The smallest absolute Gasteiger partial charge is 0.372 e. The van der Waals surface area contributed by atoms with E-state index >= 15 is 0 Å². The third-order valence-electron chi connectivity index (χ3n) is 5.89. The van der Waals surface area contributed by atoms with Crippen molar-refractivity contribution in [2.24, 2.45) is 5.41 Å². The summed E-state index contributed by atoms with van der Waals surface area (Å²) in [5, 5.41) is 20.5. The molecule has 0 spiro atoms. The molecule has 3 rings (SSSR count). The van der Waals surface area contributed by atoms with Crippen molar-refractivity contribution < 1.29 is 19.8 Å². The lowest BCUT2D eigenvalue weighted by Gasteiger charge is -2.45. The number of piperidine rings is 1. The molecule has 0 bridgehead atoms. The fourth-order valence-electron chi connectivity index (χ4n) is 4.11. The lowest BCUT2D eigenvalue weighted by Crippen LogP contribution is -2.48. The van der Waals surface area contributed by atoms with Gasteiger partial charge in [0.05, 0.1) is 6.10 Å². The summed E-state index contributed by atoms with van der Waals surface area (Å²) in [6.07, 6.45) is 0.604. The van der Waals surface area contributed by atoms with Gasteiger partial charge in [0.25, 0.3) is 0 Å². The molecule has 0 amide bonds. The Hall–Kier alpha value is -2.21. The van der Waals surface area contributed by atoms with Crippen LogP contribution in [0.2, 0.25) is 5.02 Å². The quantitative estimate of drug-likeness (QED) is 0.644. The van der Waals surface area contributed by atoms with Crippen molar-refractivity contribution in [2.75, 3.05) is 13.1 Å². The van der Waals surface area contributed by atoms with Crippen LogP contribution in [0.3, 0.4) is 0 Å². The van der Waals surface area contributed by atoms with Crippen molar-refractivity contribution in [2.45, 2.75) is 38.3 Å². The summed E-state index contributed by atoms with van der Waals surface area (Å²) in [5.41, 5.74) is 1.72. The molecule has 2 aromatic rings. The molecule has 0 radical (unpaired) electrons. The van der Waals surface area contributed by atoms with Crippen molar-refractivity contribution in [1.29, 1.82) is 0 Å². The van der Waals surface area contributed by atoms with Gasteiger partial charge in [-0.2, -0.15) is 0 Å². The minimum atomic E-state index is -1.49. The van der Waals surface area contributed by atoms with Gasteiger partial charge in [0.2, 0.25) is 5.78 Å². The van der Waals surface area contributed by atoms with Gasteiger partial charge in [-0.15, -0.1) is 0 Å². The van der Waals surface area contributed by atoms with Crippen LogP contribution in [0.4, 0.5) is 0 Å². The second-order valence-corrected chi connectivity index (χ2v) is 8.31. The number of aliphatic hydroxyl groups is 1. The molecule has 0 aliphatic carbocycles. The van der Waals surface area contributed by atoms with Crippen LogP contribution < -0.4 is 0 Å². The highest BCUT2D eigenvalue weighted by atomic mass is 35.5. The average Bonchev–Trinajstić information content (AvgIpc) is 2.72. The third-order valence-corrected chi connectivity index (χ3v) is 6.15. The number of benzene rings is 2. The van der Waals surface area contributed by atoms with Crippen molar-refractivity contribution in [3.63, 3.8) is 0 Å². The first-order chi connectivity index (χ1) is 13.9. The van der Waals surface area contributed by atoms with Gasteiger partial charge in [0, 0.05) is 23.4 Å². The van der Waals surface area contributed by atoms with E-state index in [0.29, 0.717) is 24.3 Å². The molecule has 1 unspecified atom stereocenters. The molecule has 1 heterocycles. The van der Waals surface area contributed by atoms with E-state index in [1.807, 2.05) is 42.5 Å². The summed E-state index contributed by atoms with van der Waals surface area (Å²) in [5.74, 6) is -2.44. The number of hydrogen-bond acceptors (Lipinski definition) is 4. The van der Waals surface area contributed by atoms with Crippen molar-refractivity contribution >= 4 is 23.4 Å². The summed E-state index contributed by atoms with van der Waals surface area (Å²) < 4.78 is 0. The molecule has 29 heavy (non-hydrogen) atoms. The van der Waals surface area contributed by atoms with Crippen molar-refractivity contribution in [3.05, 3.63) is 70.7 Å². The predicted molar refractivity (Wildman–Crippen MR) is 112 cm³/mol. The zero-order valence-electron chi connectivity index (χ0n) is 16.3. The molecule has 1 aliphatic rings. The Labute approximate surface area is 175 Å². The molecule has 154 valence electrons. The summed E-state index contributed by atoms with van der Waals surface area (Å²) in [6, 6.07) is 17.7. The van der Waals surface area contributed by atoms with Crippen LogP contribution in [0.1, 0.15) is 30.4 Å². The summed E-state index contributed by atoms with van der Waals surface area (Å²) in [6.45, 7) is 2.39. The number of likely N-dealkylation sites (tertiary alicyclic amines) is 1. The molecular weight excluding hydrogens is 390 g/mol. The number of halogens is 1. The molecule has 2 N–H and O–H groups in total. The lowest BCUT2D eigenvalue weighted by atomic mass is 9.68. The zero-order valence-corrected chi connectivity index (χ0v) is 17.0. The minimum Gasteiger partial charge on any atom is -0.475 e. The van der Waals surface area contributed by atoms with Gasteiger partial charge >= 0.3 is 5.97 Å². The van der Waals surface area contributed by atoms with E-state index < -0.39 is 23.3 Å². The largest absolute Gasteiger partial charge is 0.475 e. The highest BCUT2D eigenvalue weighted by Crippen LogP contribution is 2.40. The maximum absolute atomic E-state index is 11.8. The number of carboxylic acid groups (broad SMARTS) is 1. The van der Waals surface area contributed by atoms with Gasteiger partial charge in [0.15, 0.2) is 0 Å². The topological polar surface area (TPSA) is 77.8 Å². The first-order valence-corrected chi connectivity index (χ1v) is 10.2. The Morgan fingerprint density at radius 2 is 1.62 bits per heavy atom. The second-order valence-electron chi connectivity index (χ2n) is 7.88. The molecular formula is C23H26ClNO4. The highest BCUT2D eigenvalue weighted by molar-refractivity contribution is 6.32. The van der Waals surface area contributed by atoms with Crippen LogP contribution in [0.25, 0.3) is 0 Å². The number of nitrogens with zero attached hydrogens (tertiary/aromatic N) is 1. The van der Waals surface area contributed by atoms with Crippen LogP contribution in [0, 0.1) is 5.41 Å². The normalized spacial score (nSPS) is 17.6. The first kappa shape index (κ1) is 21.5. The van der Waals surface area contributed by atoms with Gasteiger partial charge in [-0.05, 0) is 55.6 Å². The van der Waals surface area contributed by atoms with E-state index in [2.05, 4.69) is 17.0 Å². The Morgan fingerprint density at radius 1 is 1.00 bits per heavy atom. The number of carbonyl (C=O) groups is 2. The molecule has 2 aromatic carbocycles. The molecule has 0 aromatic heterocycles. The number of hydrogen-bond donors (Lipinski definition) is 2. The van der Waals surface area contributed by atoms with Crippen LogP contribution in [-0.2, 0) is 22.6 Å². The number of carboxylic acids is 1. The second kappa shape index (κ2) is 9.53. The van der Waals surface area contributed by atoms with Gasteiger partial charge in [-0.25, -0.2) is 4.79 Å². The van der Waals surface area contributed by atoms with Crippen LogP contribution in [0.5, 0.6) is 0 Å². The summed E-state index contributed by atoms with van der Waals surface area (Å²) in [4.78, 5) is 25.1. The van der Waals surface area contributed by atoms with Gasteiger partial charge in [-0.3, -0.25) is 9.69 Å². The van der Waals surface area contributed by atoms with E-state index in [9.17, 15) is 14.7 Å². The van der Waals surface area contributed by atoms with Crippen molar-refractivity contribution in [1.82, 2.24) is 4.90 Å². The molecule has 0 saturated carbocycles. The SMILES string of the molecule is O=C(O)C(=O)CC(O)C1(Cc2ccc(Cl)cc2)CCN(Cc2ccccc2)CC1.